The van der Waals surface area contributed by atoms with Crippen LogP contribution in [0.3, 0.4) is 0 Å². The molecule has 0 saturated heterocycles. The third-order valence-corrected chi connectivity index (χ3v) is 7.31. The number of nitrogens with zero attached hydrogens (tertiary/aromatic N) is 3. The third-order valence-electron chi connectivity index (χ3n) is 6.05. The predicted octanol–water partition coefficient (Wildman–Crippen LogP) is 2.69. The monoisotopic (exact) mass is 498 g/mol. The highest BCUT2D eigenvalue weighted by Crippen LogP contribution is 2.50. The van der Waals surface area contributed by atoms with Gasteiger partial charge in [-0.15, -0.1) is 6.42 Å². The Kier molecular flexibility index (Phi) is 7.65. The molecule has 2 aromatic rings. The SMILES string of the molecule is C#CCOc1cnc(C(=O)Nc2ccc(F)c([C@@]3(C)N=C(N)S[C@](C)(C(=O)NCC)[C@H]3C)c2)cn1. The van der Waals surface area contributed by atoms with Crippen LogP contribution in [0.1, 0.15) is 43.7 Å². The van der Waals surface area contributed by atoms with Crippen LogP contribution < -0.4 is 21.1 Å². The number of anilines is 1. The van der Waals surface area contributed by atoms with Crippen LogP contribution in [0.2, 0.25) is 0 Å². The molecule has 1 aromatic heterocycles. The molecule has 4 N–H and O–H groups in total. The lowest BCUT2D eigenvalue weighted by atomic mass is 9.73. The first-order valence-electron chi connectivity index (χ1n) is 10.9. The number of terminal acetylenes is 1. The Morgan fingerprint density at radius 3 is 2.69 bits per heavy atom. The number of benzene rings is 1. The van der Waals surface area contributed by atoms with Crippen molar-refractivity contribution in [2.45, 2.75) is 38.0 Å². The van der Waals surface area contributed by atoms with E-state index in [0.29, 0.717) is 12.2 Å². The summed E-state index contributed by atoms with van der Waals surface area (Å²) in [5.74, 6) is 0.759. The van der Waals surface area contributed by atoms with E-state index < -0.39 is 27.9 Å². The second-order valence-electron chi connectivity index (χ2n) is 8.27. The minimum atomic E-state index is -1.17. The van der Waals surface area contributed by atoms with Crippen molar-refractivity contribution in [3.05, 3.63) is 47.7 Å². The van der Waals surface area contributed by atoms with Crippen LogP contribution >= 0.6 is 11.8 Å². The summed E-state index contributed by atoms with van der Waals surface area (Å²) in [5, 5.41) is 5.69. The van der Waals surface area contributed by atoms with E-state index in [4.69, 9.17) is 16.9 Å². The van der Waals surface area contributed by atoms with Gasteiger partial charge in [0.2, 0.25) is 11.8 Å². The summed E-state index contributed by atoms with van der Waals surface area (Å²) in [4.78, 5) is 38.2. The maximum atomic E-state index is 15.1. The Balaban J connectivity index is 1.91. The summed E-state index contributed by atoms with van der Waals surface area (Å²) in [7, 11) is 0. The first-order valence-corrected chi connectivity index (χ1v) is 11.7. The molecule has 11 heteroatoms. The van der Waals surface area contributed by atoms with E-state index in [1.54, 1.807) is 13.8 Å². The molecule has 0 bridgehead atoms. The Hall–Kier alpha value is -3.65. The van der Waals surface area contributed by atoms with E-state index in [1.165, 1.54) is 30.6 Å². The molecule has 0 aliphatic carbocycles. The molecule has 1 aliphatic rings. The van der Waals surface area contributed by atoms with E-state index in [0.717, 1.165) is 11.8 Å². The van der Waals surface area contributed by atoms with E-state index in [-0.39, 0.29) is 34.8 Å². The van der Waals surface area contributed by atoms with Crippen LogP contribution in [0.5, 0.6) is 5.88 Å². The van der Waals surface area contributed by atoms with Gasteiger partial charge in [0, 0.05) is 23.7 Å². The minimum absolute atomic E-state index is 0.0282. The largest absolute Gasteiger partial charge is 0.463 e. The number of amidine groups is 1. The van der Waals surface area contributed by atoms with Gasteiger partial charge in [0.1, 0.15) is 16.3 Å². The first-order chi connectivity index (χ1) is 16.5. The van der Waals surface area contributed by atoms with Crippen molar-refractivity contribution in [1.82, 2.24) is 15.3 Å². The maximum absolute atomic E-state index is 15.1. The topological polar surface area (TPSA) is 132 Å². The van der Waals surface area contributed by atoms with Gasteiger partial charge in [0.15, 0.2) is 11.8 Å². The number of nitrogens with one attached hydrogen (secondary N) is 2. The molecule has 0 fully saturated rings. The van der Waals surface area contributed by atoms with Crippen LogP contribution in [-0.4, -0.2) is 44.8 Å². The Morgan fingerprint density at radius 1 is 1.31 bits per heavy atom. The van der Waals surface area contributed by atoms with Crippen molar-refractivity contribution in [2.24, 2.45) is 16.6 Å². The number of carbonyl (C=O) groups excluding carboxylic acids is 2. The summed E-state index contributed by atoms with van der Waals surface area (Å²) in [5.41, 5.74) is 5.49. The van der Waals surface area contributed by atoms with Crippen LogP contribution in [-0.2, 0) is 10.3 Å². The van der Waals surface area contributed by atoms with Gasteiger partial charge in [-0.2, -0.15) is 0 Å². The Labute approximate surface area is 207 Å². The highest BCUT2D eigenvalue weighted by molar-refractivity contribution is 8.15. The number of rotatable bonds is 7. The van der Waals surface area contributed by atoms with Crippen molar-refractivity contribution >= 4 is 34.4 Å². The van der Waals surface area contributed by atoms with Crippen molar-refractivity contribution in [2.75, 3.05) is 18.5 Å². The molecule has 0 unspecified atom stereocenters. The molecule has 2 heterocycles. The molecule has 184 valence electrons. The van der Waals surface area contributed by atoms with E-state index >= 15 is 4.39 Å². The second-order valence-corrected chi connectivity index (χ2v) is 9.74. The average molecular weight is 499 g/mol. The number of aliphatic imine (C=N–C) groups is 1. The van der Waals surface area contributed by atoms with Crippen LogP contribution in [0.25, 0.3) is 0 Å². The van der Waals surface area contributed by atoms with Gasteiger partial charge >= 0.3 is 0 Å². The van der Waals surface area contributed by atoms with Gasteiger partial charge in [-0.3, -0.25) is 14.6 Å². The number of hydrogen-bond donors (Lipinski definition) is 3. The quantitative estimate of drug-likeness (QED) is 0.500. The highest BCUT2D eigenvalue weighted by Gasteiger charge is 2.53. The molecule has 0 spiro atoms. The Bertz CT molecular complexity index is 1200. The summed E-state index contributed by atoms with van der Waals surface area (Å²) >= 11 is 1.15. The number of aromatic nitrogens is 2. The molecular weight excluding hydrogens is 471 g/mol. The van der Waals surface area contributed by atoms with E-state index in [9.17, 15) is 9.59 Å². The molecule has 9 nitrogen and oxygen atoms in total. The van der Waals surface area contributed by atoms with Gasteiger partial charge in [-0.1, -0.05) is 24.6 Å². The summed E-state index contributed by atoms with van der Waals surface area (Å²) < 4.78 is 19.3. The normalized spacial score (nSPS) is 23.5. The number of halogens is 1. The molecule has 2 amide bonds. The molecule has 1 aromatic carbocycles. The number of nitrogens with two attached hydrogens (primary N) is 1. The maximum Gasteiger partial charge on any atom is 0.275 e. The lowest BCUT2D eigenvalue weighted by molar-refractivity contribution is -0.124. The molecule has 3 atom stereocenters. The molecule has 1 aliphatic heterocycles. The van der Waals surface area contributed by atoms with Crippen molar-refractivity contribution in [3.8, 4) is 18.2 Å². The minimum Gasteiger partial charge on any atom is -0.463 e. The molecule has 35 heavy (non-hydrogen) atoms. The fourth-order valence-corrected chi connectivity index (χ4v) is 5.11. The zero-order valence-electron chi connectivity index (χ0n) is 19.9. The van der Waals surface area contributed by atoms with Gasteiger partial charge in [-0.25, -0.2) is 14.4 Å². The number of hydrogen-bond acceptors (Lipinski definition) is 8. The smallest absolute Gasteiger partial charge is 0.275 e. The van der Waals surface area contributed by atoms with Crippen molar-refractivity contribution < 1.29 is 18.7 Å². The Morgan fingerprint density at radius 2 is 2.06 bits per heavy atom. The third kappa shape index (κ3) is 5.22. The highest BCUT2D eigenvalue weighted by atomic mass is 32.2. The van der Waals surface area contributed by atoms with Gasteiger partial charge in [-0.05, 0) is 39.0 Å². The number of amides is 2. The van der Waals surface area contributed by atoms with Gasteiger partial charge < -0.3 is 21.1 Å². The lowest BCUT2D eigenvalue weighted by Crippen LogP contribution is -2.56. The average Bonchev–Trinajstić information content (AvgIpc) is 2.82. The van der Waals surface area contributed by atoms with Gasteiger partial charge in [0.25, 0.3) is 5.91 Å². The van der Waals surface area contributed by atoms with Gasteiger partial charge in [0.05, 0.1) is 17.9 Å². The zero-order chi connectivity index (χ0) is 25.8. The second kappa shape index (κ2) is 10.3. The summed E-state index contributed by atoms with van der Waals surface area (Å²) in [6.45, 7) is 7.64. The van der Waals surface area contributed by atoms with Crippen molar-refractivity contribution in [3.63, 3.8) is 0 Å². The van der Waals surface area contributed by atoms with E-state index in [1.807, 2.05) is 13.8 Å². The van der Waals surface area contributed by atoms with Crippen molar-refractivity contribution in [1.29, 1.82) is 0 Å². The standard InChI is InChI=1S/C24H27FN6O3S/c1-6-10-34-19-13-28-18(12-29-19)20(32)30-15-8-9-17(25)16(11-15)23(4)14(3)24(5,21(33)27-7-2)35-22(26)31-23/h1,8-9,11-14H,7,10H2,2-5H3,(H2,26,31)(H,27,33)(H,30,32)/t14-,23-,24-/m0/s1. The summed E-state index contributed by atoms with van der Waals surface area (Å²) in [6.07, 6.45) is 7.66. The number of thioether (sulfide) groups is 1. The van der Waals surface area contributed by atoms with Crippen LogP contribution in [0.15, 0.2) is 35.6 Å². The molecule has 0 radical (unpaired) electrons. The molecular formula is C24H27FN6O3S. The fraction of sp³-hybridized carbons (Fsp3) is 0.375. The zero-order valence-corrected chi connectivity index (χ0v) is 20.7. The van der Waals surface area contributed by atoms with Crippen LogP contribution in [0.4, 0.5) is 10.1 Å². The first kappa shape index (κ1) is 26.0. The van der Waals surface area contributed by atoms with E-state index in [2.05, 4.69) is 31.5 Å². The van der Waals surface area contributed by atoms with Crippen LogP contribution in [0, 0.1) is 24.1 Å². The number of carbonyl (C=O) groups is 2. The lowest BCUT2D eigenvalue weighted by Gasteiger charge is -2.46. The predicted molar refractivity (Wildman–Crippen MR) is 134 cm³/mol. The molecule has 0 saturated carbocycles. The fourth-order valence-electron chi connectivity index (χ4n) is 3.87. The number of ether oxygens (including phenoxy) is 1. The molecule has 3 rings (SSSR count). The summed E-state index contributed by atoms with van der Waals surface area (Å²) in [6, 6.07) is 4.16.